The minimum absolute atomic E-state index is 0.0561. The second-order valence-corrected chi connectivity index (χ2v) is 6.06. The number of nitrogens with two attached hydrogens (primary N) is 1. The Balaban J connectivity index is 1.90. The van der Waals surface area contributed by atoms with Gasteiger partial charge in [0.1, 0.15) is 11.6 Å². The zero-order valence-electron chi connectivity index (χ0n) is 11.9. The Kier molecular flexibility index (Phi) is 3.60. The van der Waals surface area contributed by atoms with E-state index in [1.54, 1.807) is 0 Å². The fraction of sp³-hybridized carbons (Fsp3) is 0.333. The van der Waals surface area contributed by atoms with Crippen molar-refractivity contribution in [2.24, 2.45) is 0 Å². The number of quaternary nitrogens is 1. The Morgan fingerprint density at radius 2 is 1.60 bits per heavy atom. The molecule has 1 fully saturated rings. The second-order valence-electron chi connectivity index (χ2n) is 6.06. The number of rotatable bonds is 2. The molecule has 0 radical (unpaired) electrons. The van der Waals surface area contributed by atoms with E-state index in [4.69, 9.17) is 0 Å². The summed E-state index contributed by atoms with van der Waals surface area (Å²) in [4.78, 5) is 0. The van der Waals surface area contributed by atoms with E-state index in [0.29, 0.717) is 6.04 Å². The van der Waals surface area contributed by atoms with Gasteiger partial charge in [0, 0.05) is 24.0 Å². The van der Waals surface area contributed by atoms with Crippen LogP contribution in [0.15, 0.2) is 60.7 Å². The van der Waals surface area contributed by atoms with Gasteiger partial charge in [-0.2, -0.15) is 0 Å². The zero-order valence-corrected chi connectivity index (χ0v) is 11.9. The van der Waals surface area contributed by atoms with Crippen molar-refractivity contribution in [1.29, 1.82) is 0 Å². The molecule has 0 spiro atoms. The molecule has 0 amide bonds. The van der Waals surface area contributed by atoms with Crippen LogP contribution in [-0.4, -0.2) is 11.2 Å². The minimum atomic E-state index is -0.240. The van der Waals surface area contributed by atoms with Gasteiger partial charge in [0.05, 0.1) is 6.10 Å². The smallest absolute Gasteiger partial charge is 0.122 e. The minimum Gasteiger partial charge on any atom is -0.393 e. The van der Waals surface area contributed by atoms with Crippen LogP contribution < -0.4 is 5.32 Å². The molecule has 2 aromatic carbocycles. The van der Waals surface area contributed by atoms with E-state index in [-0.39, 0.29) is 11.6 Å². The van der Waals surface area contributed by atoms with Crippen molar-refractivity contribution in [2.75, 3.05) is 0 Å². The number of hydrogen-bond acceptors (Lipinski definition) is 1. The summed E-state index contributed by atoms with van der Waals surface area (Å²) in [7, 11) is 0. The van der Waals surface area contributed by atoms with Crippen LogP contribution in [-0.2, 0) is 5.54 Å². The molecule has 104 valence electrons. The van der Waals surface area contributed by atoms with Crippen LogP contribution in [0.5, 0.6) is 0 Å². The van der Waals surface area contributed by atoms with Gasteiger partial charge < -0.3 is 10.4 Å². The molecule has 0 bridgehead atoms. The highest BCUT2D eigenvalue weighted by atomic mass is 16.3. The predicted octanol–water partition coefficient (Wildman–Crippen LogP) is 2.36. The third-order valence-corrected chi connectivity index (χ3v) is 4.42. The van der Waals surface area contributed by atoms with Gasteiger partial charge in [0.2, 0.25) is 0 Å². The lowest BCUT2D eigenvalue weighted by Crippen LogP contribution is -2.97. The van der Waals surface area contributed by atoms with Crippen molar-refractivity contribution in [3.05, 3.63) is 71.8 Å². The third-order valence-electron chi connectivity index (χ3n) is 4.42. The summed E-state index contributed by atoms with van der Waals surface area (Å²) in [5.74, 6) is 0. The number of aliphatic hydroxyl groups excluding tert-OH is 1. The summed E-state index contributed by atoms with van der Waals surface area (Å²) in [5, 5.41) is 12.7. The largest absolute Gasteiger partial charge is 0.393 e. The van der Waals surface area contributed by atoms with Crippen LogP contribution in [0.25, 0.3) is 0 Å². The fourth-order valence-corrected chi connectivity index (χ4v) is 3.41. The maximum Gasteiger partial charge on any atom is 0.122 e. The summed E-state index contributed by atoms with van der Waals surface area (Å²) >= 11 is 0. The summed E-state index contributed by atoms with van der Waals surface area (Å²) < 4.78 is 0. The molecule has 0 aromatic heterocycles. The van der Waals surface area contributed by atoms with Gasteiger partial charge >= 0.3 is 0 Å². The van der Waals surface area contributed by atoms with E-state index in [1.807, 2.05) is 12.1 Å². The molecule has 0 saturated carbocycles. The third kappa shape index (κ3) is 2.62. The van der Waals surface area contributed by atoms with E-state index >= 15 is 0 Å². The Labute approximate surface area is 120 Å². The highest BCUT2D eigenvalue weighted by Crippen LogP contribution is 2.31. The van der Waals surface area contributed by atoms with Crippen LogP contribution in [0.4, 0.5) is 0 Å². The molecule has 20 heavy (non-hydrogen) atoms. The van der Waals surface area contributed by atoms with Crippen molar-refractivity contribution in [3.8, 4) is 0 Å². The van der Waals surface area contributed by atoms with Gasteiger partial charge in [-0.25, -0.2) is 0 Å². The maximum atomic E-state index is 10.3. The molecule has 3 atom stereocenters. The van der Waals surface area contributed by atoms with Crippen molar-refractivity contribution in [1.82, 2.24) is 0 Å². The molecule has 3 rings (SSSR count). The lowest BCUT2D eigenvalue weighted by molar-refractivity contribution is -0.780. The second kappa shape index (κ2) is 5.39. The van der Waals surface area contributed by atoms with Crippen LogP contribution in [0.2, 0.25) is 0 Å². The average molecular weight is 268 g/mol. The predicted molar refractivity (Wildman–Crippen MR) is 80.1 cm³/mol. The number of aliphatic hydroxyl groups is 1. The molecule has 1 aliphatic heterocycles. The molecule has 0 aliphatic carbocycles. The molecule has 2 aromatic rings. The highest BCUT2D eigenvalue weighted by Gasteiger charge is 2.41. The number of piperidine rings is 1. The molecule has 2 nitrogen and oxygen atoms in total. The number of hydrogen-bond donors (Lipinski definition) is 2. The molecular formula is C18H22NO+. The van der Waals surface area contributed by atoms with E-state index in [1.165, 1.54) is 11.1 Å². The first kappa shape index (κ1) is 13.3. The maximum absolute atomic E-state index is 10.3. The van der Waals surface area contributed by atoms with Crippen molar-refractivity contribution in [2.45, 2.75) is 37.5 Å². The molecular weight excluding hydrogens is 246 g/mol. The highest BCUT2D eigenvalue weighted by molar-refractivity contribution is 5.23. The van der Waals surface area contributed by atoms with Gasteiger partial charge in [0.25, 0.3) is 0 Å². The van der Waals surface area contributed by atoms with Crippen LogP contribution in [0, 0.1) is 0 Å². The lowest BCUT2D eigenvalue weighted by atomic mass is 9.79. The average Bonchev–Trinajstić information content (AvgIpc) is 2.48. The van der Waals surface area contributed by atoms with Gasteiger partial charge in [-0.15, -0.1) is 0 Å². The van der Waals surface area contributed by atoms with E-state index in [2.05, 4.69) is 60.8 Å². The summed E-state index contributed by atoms with van der Waals surface area (Å²) in [5.41, 5.74) is 2.53. The summed E-state index contributed by atoms with van der Waals surface area (Å²) in [6, 6.07) is 21.3. The Bertz CT molecular complexity index is 554. The first-order valence-electron chi connectivity index (χ1n) is 7.32. The Morgan fingerprint density at radius 1 is 1.00 bits per heavy atom. The fourth-order valence-electron chi connectivity index (χ4n) is 3.41. The van der Waals surface area contributed by atoms with Crippen molar-refractivity contribution in [3.63, 3.8) is 0 Å². The molecule has 3 N–H and O–H groups in total. The topological polar surface area (TPSA) is 36.8 Å². The van der Waals surface area contributed by atoms with E-state index in [0.717, 1.165) is 12.8 Å². The van der Waals surface area contributed by atoms with Crippen LogP contribution in [0.3, 0.4) is 0 Å². The van der Waals surface area contributed by atoms with Gasteiger partial charge in [-0.3, -0.25) is 0 Å². The number of benzene rings is 2. The SMILES string of the molecule is C[C@]1(c2ccccc2)C[C@@H](O)C[C@H](c2ccccc2)[NH2+]1. The van der Waals surface area contributed by atoms with Crippen LogP contribution >= 0.6 is 0 Å². The standard InChI is InChI=1S/C18H21NO/c1-18(15-10-6-3-7-11-15)13-16(20)12-17(19-18)14-8-4-2-5-9-14/h2-11,16-17,19-20H,12-13H2,1H3/p+1/t16-,17+,18+/m0/s1. The van der Waals surface area contributed by atoms with Gasteiger partial charge in [0.15, 0.2) is 0 Å². The first-order valence-corrected chi connectivity index (χ1v) is 7.32. The van der Waals surface area contributed by atoms with Crippen molar-refractivity contribution < 1.29 is 10.4 Å². The van der Waals surface area contributed by atoms with E-state index in [9.17, 15) is 5.11 Å². The van der Waals surface area contributed by atoms with Gasteiger partial charge in [-0.1, -0.05) is 60.7 Å². The molecule has 2 heteroatoms. The zero-order chi connectivity index (χ0) is 14.0. The normalized spacial score (nSPS) is 30.1. The Hall–Kier alpha value is -1.64. The molecule has 1 aliphatic rings. The molecule has 0 unspecified atom stereocenters. The first-order chi connectivity index (χ1) is 9.67. The monoisotopic (exact) mass is 268 g/mol. The van der Waals surface area contributed by atoms with Crippen molar-refractivity contribution >= 4 is 0 Å². The van der Waals surface area contributed by atoms with E-state index < -0.39 is 0 Å². The van der Waals surface area contributed by atoms with Gasteiger partial charge in [-0.05, 0) is 6.92 Å². The van der Waals surface area contributed by atoms with Crippen LogP contribution in [0.1, 0.15) is 36.9 Å². The lowest BCUT2D eigenvalue weighted by Gasteiger charge is -2.39. The summed E-state index contributed by atoms with van der Waals surface area (Å²) in [6.45, 7) is 2.24. The Morgan fingerprint density at radius 3 is 2.25 bits per heavy atom. The molecule has 1 heterocycles. The summed E-state index contributed by atoms with van der Waals surface area (Å²) in [6.07, 6.45) is 1.39. The molecule has 1 saturated heterocycles. The quantitative estimate of drug-likeness (QED) is 0.862.